The summed E-state index contributed by atoms with van der Waals surface area (Å²) in [7, 11) is 0. The van der Waals surface area contributed by atoms with Crippen molar-refractivity contribution in [2.24, 2.45) is 4.99 Å². The van der Waals surface area contributed by atoms with Crippen LogP contribution in [-0.4, -0.2) is 19.4 Å². The third-order valence-corrected chi connectivity index (χ3v) is 3.32. The first kappa shape index (κ1) is 17.1. The standard InChI is InChI=1S/C20H25NO2/c1-3-5-15-23-19-10-6-17(7-11-19)16-21-18-8-12-20(13-9-18)22-14-4-2/h6-13,16H,3-5,14-15H2,1-2H3. The number of aliphatic imine (C=N–C) groups is 1. The molecule has 0 saturated heterocycles. The van der Waals surface area contributed by atoms with E-state index in [9.17, 15) is 0 Å². The molecular formula is C20H25NO2. The fraction of sp³-hybridized carbons (Fsp3) is 0.350. The molecule has 0 aromatic heterocycles. The summed E-state index contributed by atoms with van der Waals surface area (Å²) in [6.07, 6.45) is 5.10. The monoisotopic (exact) mass is 311 g/mol. The molecule has 2 aromatic carbocycles. The van der Waals surface area contributed by atoms with Gasteiger partial charge in [-0.05, 0) is 66.9 Å². The Bertz CT molecular complexity index is 588. The minimum absolute atomic E-state index is 0.745. The molecule has 0 spiro atoms. The van der Waals surface area contributed by atoms with Gasteiger partial charge in [0.25, 0.3) is 0 Å². The Balaban J connectivity index is 1.89. The van der Waals surface area contributed by atoms with Gasteiger partial charge in [0.1, 0.15) is 11.5 Å². The lowest BCUT2D eigenvalue weighted by atomic mass is 10.2. The first-order chi connectivity index (χ1) is 11.3. The largest absolute Gasteiger partial charge is 0.494 e. The summed E-state index contributed by atoms with van der Waals surface area (Å²) in [6, 6.07) is 15.8. The number of unbranched alkanes of at least 4 members (excludes halogenated alkanes) is 1. The van der Waals surface area contributed by atoms with Crippen molar-refractivity contribution in [3.05, 3.63) is 54.1 Å². The van der Waals surface area contributed by atoms with Gasteiger partial charge in [-0.25, -0.2) is 0 Å². The maximum atomic E-state index is 5.65. The fourth-order valence-corrected chi connectivity index (χ4v) is 1.98. The highest BCUT2D eigenvalue weighted by Crippen LogP contribution is 2.18. The van der Waals surface area contributed by atoms with Gasteiger partial charge in [-0.15, -0.1) is 0 Å². The highest BCUT2D eigenvalue weighted by molar-refractivity contribution is 5.82. The van der Waals surface area contributed by atoms with Gasteiger partial charge in [-0.3, -0.25) is 4.99 Å². The fourth-order valence-electron chi connectivity index (χ4n) is 1.98. The quantitative estimate of drug-likeness (QED) is 0.458. The molecule has 0 N–H and O–H groups in total. The summed E-state index contributed by atoms with van der Waals surface area (Å²) in [6.45, 7) is 5.77. The molecule has 0 heterocycles. The van der Waals surface area contributed by atoms with E-state index in [1.54, 1.807) is 0 Å². The summed E-state index contributed by atoms with van der Waals surface area (Å²) in [5.41, 5.74) is 1.97. The van der Waals surface area contributed by atoms with Gasteiger partial charge < -0.3 is 9.47 Å². The predicted octanol–water partition coefficient (Wildman–Crippen LogP) is 5.40. The van der Waals surface area contributed by atoms with Gasteiger partial charge in [-0.1, -0.05) is 20.3 Å². The summed E-state index contributed by atoms with van der Waals surface area (Å²) in [5.74, 6) is 1.80. The SMILES string of the molecule is CCCCOc1ccc(C=Nc2ccc(OCCC)cc2)cc1. The molecular weight excluding hydrogens is 286 g/mol. The molecule has 0 radical (unpaired) electrons. The maximum absolute atomic E-state index is 5.65. The smallest absolute Gasteiger partial charge is 0.119 e. The van der Waals surface area contributed by atoms with Crippen molar-refractivity contribution < 1.29 is 9.47 Å². The van der Waals surface area contributed by atoms with Gasteiger partial charge in [0, 0.05) is 6.21 Å². The van der Waals surface area contributed by atoms with Gasteiger partial charge in [-0.2, -0.15) is 0 Å². The molecule has 122 valence electrons. The summed E-state index contributed by atoms with van der Waals surface area (Å²) >= 11 is 0. The van der Waals surface area contributed by atoms with Crippen LogP contribution in [0.2, 0.25) is 0 Å². The molecule has 3 nitrogen and oxygen atoms in total. The van der Waals surface area contributed by atoms with Crippen LogP contribution in [0.1, 0.15) is 38.7 Å². The third-order valence-electron chi connectivity index (χ3n) is 3.32. The lowest BCUT2D eigenvalue weighted by Crippen LogP contribution is -1.96. The molecule has 0 bridgehead atoms. The van der Waals surface area contributed by atoms with Crippen LogP contribution in [0.25, 0.3) is 0 Å². The Hall–Kier alpha value is -2.29. The first-order valence-corrected chi connectivity index (χ1v) is 8.31. The van der Waals surface area contributed by atoms with Crippen molar-refractivity contribution >= 4 is 11.9 Å². The number of rotatable bonds is 9. The van der Waals surface area contributed by atoms with E-state index in [0.29, 0.717) is 0 Å². The van der Waals surface area contributed by atoms with Gasteiger partial charge >= 0.3 is 0 Å². The first-order valence-electron chi connectivity index (χ1n) is 8.31. The minimum Gasteiger partial charge on any atom is -0.494 e. The Morgan fingerprint density at radius 3 is 2.00 bits per heavy atom. The zero-order valence-electron chi connectivity index (χ0n) is 14.0. The molecule has 2 aromatic rings. The van der Waals surface area contributed by atoms with Crippen LogP contribution in [0.4, 0.5) is 5.69 Å². The van der Waals surface area contributed by atoms with Crippen LogP contribution >= 0.6 is 0 Å². The average Bonchev–Trinajstić information content (AvgIpc) is 2.60. The van der Waals surface area contributed by atoms with Crippen LogP contribution in [0, 0.1) is 0 Å². The van der Waals surface area contributed by atoms with E-state index < -0.39 is 0 Å². The summed E-state index contributed by atoms with van der Waals surface area (Å²) in [5, 5.41) is 0. The summed E-state index contributed by atoms with van der Waals surface area (Å²) in [4.78, 5) is 4.48. The second kappa shape index (κ2) is 9.67. The number of hydrogen-bond donors (Lipinski definition) is 0. The van der Waals surface area contributed by atoms with E-state index in [-0.39, 0.29) is 0 Å². The number of ether oxygens (including phenoxy) is 2. The third kappa shape index (κ3) is 6.15. The Morgan fingerprint density at radius 1 is 0.783 bits per heavy atom. The van der Waals surface area contributed by atoms with Crippen molar-refractivity contribution in [2.45, 2.75) is 33.1 Å². The average molecular weight is 311 g/mol. The molecule has 0 atom stereocenters. The van der Waals surface area contributed by atoms with Gasteiger partial charge in [0.2, 0.25) is 0 Å². The molecule has 0 aliphatic rings. The lowest BCUT2D eigenvalue weighted by Gasteiger charge is -2.05. The maximum Gasteiger partial charge on any atom is 0.119 e. The zero-order valence-corrected chi connectivity index (χ0v) is 14.0. The van der Waals surface area contributed by atoms with Crippen molar-refractivity contribution in [2.75, 3.05) is 13.2 Å². The molecule has 23 heavy (non-hydrogen) atoms. The second-order valence-corrected chi connectivity index (χ2v) is 5.37. The van der Waals surface area contributed by atoms with E-state index in [4.69, 9.17) is 9.47 Å². The molecule has 2 rings (SSSR count). The molecule has 0 saturated carbocycles. The van der Waals surface area contributed by atoms with Crippen LogP contribution in [0.15, 0.2) is 53.5 Å². The number of hydrogen-bond acceptors (Lipinski definition) is 3. The Kier molecular flexibility index (Phi) is 7.18. The van der Waals surface area contributed by atoms with Crippen LogP contribution in [0.5, 0.6) is 11.5 Å². The Labute approximate surface area is 139 Å². The van der Waals surface area contributed by atoms with Crippen LogP contribution < -0.4 is 9.47 Å². The van der Waals surface area contributed by atoms with Crippen molar-refractivity contribution in [1.82, 2.24) is 0 Å². The van der Waals surface area contributed by atoms with Crippen molar-refractivity contribution in [3.8, 4) is 11.5 Å². The molecule has 0 fully saturated rings. The van der Waals surface area contributed by atoms with E-state index in [1.165, 1.54) is 0 Å². The summed E-state index contributed by atoms with van der Waals surface area (Å²) < 4.78 is 11.2. The van der Waals surface area contributed by atoms with Gasteiger partial charge in [0.15, 0.2) is 0 Å². The van der Waals surface area contributed by atoms with Crippen LogP contribution in [-0.2, 0) is 0 Å². The molecule has 0 amide bonds. The number of nitrogens with zero attached hydrogens (tertiary/aromatic N) is 1. The second-order valence-electron chi connectivity index (χ2n) is 5.37. The van der Waals surface area contributed by atoms with E-state index in [0.717, 1.165) is 55.2 Å². The van der Waals surface area contributed by atoms with Crippen LogP contribution in [0.3, 0.4) is 0 Å². The molecule has 3 heteroatoms. The van der Waals surface area contributed by atoms with Gasteiger partial charge in [0.05, 0.1) is 18.9 Å². The molecule has 0 unspecified atom stereocenters. The Morgan fingerprint density at radius 2 is 1.39 bits per heavy atom. The van der Waals surface area contributed by atoms with E-state index >= 15 is 0 Å². The lowest BCUT2D eigenvalue weighted by molar-refractivity contribution is 0.309. The highest BCUT2D eigenvalue weighted by atomic mass is 16.5. The van der Waals surface area contributed by atoms with E-state index in [2.05, 4.69) is 18.8 Å². The van der Waals surface area contributed by atoms with E-state index in [1.807, 2.05) is 54.7 Å². The van der Waals surface area contributed by atoms with Crippen molar-refractivity contribution in [1.29, 1.82) is 0 Å². The molecule has 0 aliphatic heterocycles. The minimum atomic E-state index is 0.745. The van der Waals surface area contributed by atoms with Crippen molar-refractivity contribution in [3.63, 3.8) is 0 Å². The topological polar surface area (TPSA) is 30.8 Å². The molecule has 0 aliphatic carbocycles. The predicted molar refractivity (Wildman–Crippen MR) is 96.3 cm³/mol. The highest BCUT2D eigenvalue weighted by Gasteiger charge is 1.95. The zero-order chi connectivity index (χ0) is 16.3. The number of benzene rings is 2. The normalized spacial score (nSPS) is 10.9.